The van der Waals surface area contributed by atoms with Gasteiger partial charge in [-0.15, -0.1) is 0 Å². The van der Waals surface area contributed by atoms with Gasteiger partial charge in [0.05, 0.1) is 28.3 Å². The van der Waals surface area contributed by atoms with E-state index in [1.165, 1.54) is 26.2 Å². The molecule has 3 aromatic carbocycles. The van der Waals surface area contributed by atoms with Crippen molar-refractivity contribution in [2.45, 2.75) is 17.9 Å². The predicted octanol–water partition coefficient (Wildman–Crippen LogP) is 4.01. The number of nitro benzene ring substituents is 1. The van der Waals surface area contributed by atoms with Crippen molar-refractivity contribution in [1.29, 1.82) is 0 Å². The average Bonchev–Trinajstić information content (AvgIpc) is 2.92. The monoisotopic (exact) mass is 591 g/mol. The molecule has 0 saturated heterocycles. The first-order valence-electron chi connectivity index (χ1n) is 11.5. The zero-order chi connectivity index (χ0) is 29.0. The van der Waals surface area contributed by atoms with Gasteiger partial charge in [-0.05, 0) is 43.3 Å². The first-order chi connectivity index (χ1) is 19.0. The number of hydrogen-bond donors (Lipinski definition) is 2. The molecule has 1 heterocycles. The number of fused-ring (bicyclic) bond motifs is 1. The van der Waals surface area contributed by atoms with Crippen LogP contribution in [0.2, 0.25) is 5.02 Å². The highest BCUT2D eigenvalue weighted by Gasteiger charge is 2.25. The van der Waals surface area contributed by atoms with Crippen LogP contribution in [0.3, 0.4) is 0 Å². The number of halogens is 1. The molecule has 0 bridgehead atoms. The lowest BCUT2D eigenvalue weighted by atomic mass is 10.2. The highest BCUT2D eigenvalue weighted by atomic mass is 35.5. The van der Waals surface area contributed by atoms with E-state index >= 15 is 0 Å². The number of esters is 1. The second kappa shape index (κ2) is 11.7. The quantitative estimate of drug-likeness (QED) is 0.210. The minimum Gasteiger partial charge on any atom is -0.495 e. The third-order valence-corrected chi connectivity index (χ3v) is 7.40. The Labute approximate surface area is 233 Å². The molecule has 40 heavy (non-hydrogen) atoms. The van der Waals surface area contributed by atoms with Gasteiger partial charge in [-0.25, -0.2) is 13.2 Å². The van der Waals surface area contributed by atoms with Crippen LogP contribution in [0.1, 0.15) is 17.3 Å². The van der Waals surface area contributed by atoms with Crippen molar-refractivity contribution in [1.82, 2.24) is 0 Å². The van der Waals surface area contributed by atoms with Crippen LogP contribution in [0.15, 0.2) is 59.5 Å². The Hall–Kier alpha value is -4.56. The molecule has 4 rings (SSSR count). The molecule has 13 nitrogen and oxygen atoms in total. The van der Waals surface area contributed by atoms with Crippen molar-refractivity contribution in [3.63, 3.8) is 0 Å². The normalized spacial score (nSPS) is 13.1. The Morgan fingerprint density at radius 3 is 2.48 bits per heavy atom. The van der Waals surface area contributed by atoms with Crippen LogP contribution in [-0.2, 0) is 19.6 Å². The third-order valence-electron chi connectivity index (χ3n) is 5.56. The predicted molar refractivity (Wildman–Crippen MR) is 143 cm³/mol. The second-order valence-electron chi connectivity index (χ2n) is 8.29. The van der Waals surface area contributed by atoms with Crippen molar-refractivity contribution in [3.8, 4) is 17.2 Å². The van der Waals surface area contributed by atoms with Gasteiger partial charge in [0, 0.05) is 23.9 Å². The summed E-state index contributed by atoms with van der Waals surface area (Å²) in [5.74, 6) is -0.633. The molecule has 3 aromatic rings. The Morgan fingerprint density at radius 1 is 1.05 bits per heavy atom. The Bertz CT molecular complexity index is 1600. The van der Waals surface area contributed by atoms with E-state index < -0.39 is 37.8 Å². The average molecular weight is 592 g/mol. The summed E-state index contributed by atoms with van der Waals surface area (Å²) >= 11 is 6.11. The summed E-state index contributed by atoms with van der Waals surface area (Å²) < 4.78 is 49.7. The molecule has 1 amide bonds. The van der Waals surface area contributed by atoms with Crippen LogP contribution in [0.5, 0.6) is 17.2 Å². The molecule has 1 atom stereocenters. The van der Waals surface area contributed by atoms with Gasteiger partial charge in [0.1, 0.15) is 23.9 Å². The van der Waals surface area contributed by atoms with Gasteiger partial charge < -0.3 is 24.3 Å². The van der Waals surface area contributed by atoms with Gasteiger partial charge in [-0.3, -0.25) is 19.6 Å². The fourth-order valence-corrected chi connectivity index (χ4v) is 5.16. The Kier molecular flexibility index (Phi) is 8.30. The smallest absolute Gasteiger partial charge is 0.338 e. The van der Waals surface area contributed by atoms with E-state index in [1.54, 1.807) is 18.2 Å². The summed E-state index contributed by atoms with van der Waals surface area (Å²) in [5.41, 5.74) is -0.426. The Balaban J connectivity index is 1.49. The number of rotatable bonds is 9. The molecule has 1 unspecified atom stereocenters. The summed E-state index contributed by atoms with van der Waals surface area (Å²) in [6.45, 7) is 2.12. The summed E-state index contributed by atoms with van der Waals surface area (Å²) in [7, 11) is -3.20. The van der Waals surface area contributed by atoms with E-state index in [2.05, 4.69) is 10.0 Å². The number of nitrogens with one attached hydrogen (secondary N) is 2. The number of hydrogen-bond acceptors (Lipinski definition) is 10. The number of nitro groups is 1. The fraction of sp³-hybridized carbons (Fsp3) is 0.200. The molecule has 210 valence electrons. The molecule has 0 spiro atoms. The SMILES string of the molecule is COc1ccc([N+](=O)[O-])cc1NS(=O)(=O)c1cc(C(=O)OC(C)C(=O)Nc2ccc3c(c2)OCCO3)ccc1Cl. The van der Waals surface area contributed by atoms with Crippen molar-refractivity contribution in [2.75, 3.05) is 30.4 Å². The number of sulfonamides is 1. The second-order valence-corrected chi connectivity index (χ2v) is 10.3. The van der Waals surface area contributed by atoms with Crippen LogP contribution in [-0.4, -0.2) is 51.6 Å². The van der Waals surface area contributed by atoms with Crippen LogP contribution >= 0.6 is 11.6 Å². The lowest BCUT2D eigenvalue weighted by molar-refractivity contribution is -0.384. The number of carbonyl (C=O) groups excluding carboxylic acids is 2. The van der Waals surface area contributed by atoms with Gasteiger partial charge >= 0.3 is 5.97 Å². The molecule has 2 N–H and O–H groups in total. The van der Waals surface area contributed by atoms with Crippen LogP contribution in [0.4, 0.5) is 17.1 Å². The van der Waals surface area contributed by atoms with Crippen molar-refractivity contribution >= 4 is 50.6 Å². The van der Waals surface area contributed by atoms with Gasteiger partial charge in [-0.1, -0.05) is 11.6 Å². The molecular weight excluding hydrogens is 570 g/mol. The number of ether oxygens (including phenoxy) is 4. The van der Waals surface area contributed by atoms with E-state index in [-0.39, 0.29) is 27.7 Å². The number of carbonyl (C=O) groups is 2. The van der Waals surface area contributed by atoms with Crippen molar-refractivity contribution in [2.24, 2.45) is 0 Å². The molecule has 0 radical (unpaired) electrons. The molecular formula is C25H22ClN3O10S. The molecule has 0 saturated carbocycles. The summed E-state index contributed by atoms with van der Waals surface area (Å²) in [6, 6.07) is 11.5. The van der Waals surface area contributed by atoms with Gasteiger partial charge in [0.25, 0.3) is 21.6 Å². The van der Waals surface area contributed by atoms with E-state index in [9.17, 15) is 28.1 Å². The van der Waals surface area contributed by atoms with E-state index in [4.69, 9.17) is 30.5 Å². The first kappa shape index (κ1) is 28.4. The minimum absolute atomic E-state index is 0.0127. The molecule has 0 aromatic heterocycles. The lowest BCUT2D eigenvalue weighted by Gasteiger charge is -2.19. The molecule has 0 fully saturated rings. The zero-order valence-corrected chi connectivity index (χ0v) is 22.6. The number of non-ortho nitro benzene ring substituents is 1. The molecule has 0 aliphatic carbocycles. The van der Waals surface area contributed by atoms with Crippen LogP contribution in [0, 0.1) is 10.1 Å². The largest absolute Gasteiger partial charge is 0.495 e. The van der Waals surface area contributed by atoms with E-state index in [0.29, 0.717) is 30.4 Å². The van der Waals surface area contributed by atoms with Crippen molar-refractivity contribution in [3.05, 3.63) is 75.3 Å². The maximum atomic E-state index is 13.1. The number of nitrogens with zero attached hydrogens (tertiary/aromatic N) is 1. The molecule has 1 aliphatic heterocycles. The number of benzene rings is 3. The fourth-order valence-electron chi connectivity index (χ4n) is 3.57. The van der Waals surface area contributed by atoms with Gasteiger partial charge in [-0.2, -0.15) is 0 Å². The number of amides is 1. The third kappa shape index (κ3) is 6.35. The lowest BCUT2D eigenvalue weighted by Crippen LogP contribution is -2.30. The molecule has 1 aliphatic rings. The maximum Gasteiger partial charge on any atom is 0.338 e. The number of anilines is 2. The summed E-state index contributed by atoms with van der Waals surface area (Å²) in [6.07, 6.45) is -1.26. The van der Waals surface area contributed by atoms with Gasteiger partial charge in [0.2, 0.25) is 0 Å². The van der Waals surface area contributed by atoms with Crippen LogP contribution < -0.4 is 24.2 Å². The number of methoxy groups -OCH3 is 1. The topological polar surface area (TPSA) is 172 Å². The highest BCUT2D eigenvalue weighted by Crippen LogP contribution is 2.34. The molecule has 15 heteroatoms. The zero-order valence-electron chi connectivity index (χ0n) is 21.0. The van der Waals surface area contributed by atoms with E-state index in [0.717, 1.165) is 24.3 Å². The maximum absolute atomic E-state index is 13.1. The Morgan fingerprint density at radius 2 is 1.77 bits per heavy atom. The summed E-state index contributed by atoms with van der Waals surface area (Å²) in [5, 5.41) is 13.5. The van der Waals surface area contributed by atoms with Gasteiger partial charge in [0.15, 0.2) is 17.6 Å². The van der Waals surface area contributed by atoms with Crippen molar-refractivity contribution < 1.29 is 41.9 Å². The van der Waals surface area contributed by atoms with Crippen LogP contribution in [0.25, 0.3) is 0 Å². The van der Waals surface area contributed by atoms with E-state index in [1.807, 2.05) is 0 Å². The first-order valence-corrected chi connectivity index (χ1v) is 13.4. The minimum atomic E-state index is -4.46. The summed E-state index contributed by atoms with van der Waals surface area (Å²) in [4.78, 5) is 35.3. The standard InChI is InChI=1S/C25H22ClN3O10S/c1-14(24(30)27-16-4-7-21-22(12-16)38-10-9-37-21)39-25(31)15-3-6-18(26)23(11-15)40(34,35)28-19-13-17(29(32)33)5-8-20(19)36-2/h3-8,11-14,28H,9-10H2,1-2H3,(H,27,30). The highest BCUT2D eigenvalue weighted by molar-refractivity contribution is 7.92.